The molecular formula is C21H36OS. The molecule has 3 aliphatic rings. The topological polar surface area (TPSA) is 17.1 Å². The van der Waals surface area contributed by atoms with Gasteiger partial charge in [-0.1, -0.05) is 32.8 Å². The third-order valence-electron chi connectivity index (χ3n) is 7.97. The molecule has 6 atom stereocenters. The van der Waals surface area contributed by atoms with Gasteiger partial charge < -0.3 is 0 Å². The highest BCUT2D eigenvalue weighted by atomic mass is 32.2. The number of hydrogen-bond acceptors (Lipinski definition) is 2. The first-order chi connectivity index (χ1) is 11.0. The Morgan fingerprint density at radius 3 is 2.65 bits per heavy atom. The molecule has 132 valence electrons. The molecule has 0 spiro atoms. The van der Waals surface area contributed by atoms with E-state index in [-0.39, 0.29) is 6.84 Å². The first kappa shape index (κ1) is 17.6. The zero-order chi connectivity index (χ0) is 16.7. The summed E-state index contributed by atoms with van der Waals surface area (Å²) in [6, 6.07) is 0. The number of carbonyl (C=O) groups excluding carboxylic acids is 1. The minimum atomic E-state index is 0. The van der Waals surface area contributed by atoms with Crippen LogP contribution in [0.5, 0.6) is 0 Å². The summed E-state index contributed by atoms with van der Waals surface area (Å²) in [6.07, 6.45) is 15.9. The van der Waals surface area contributed by atoms with E-state index in [9.17, 15) is 4.79 Å². The summed E-state index contributed by atoms with van der Waals surface area (Å²) >= 11 is 2.12. The van der Waals surface area contributed by atoms with Gasteiger partial charge in [0.1, 0.15) is 6.29 Å². The largest absolute Gasteiger partial charge is 0.299 e. The fraction of sp³-hybridized carbons (Fsp3) is 0.857. The molecule has 0 aromatic heterocycles. The Morgan fingerprint density at radius 1 is 1.22 bits per heavy atom. The third-order valence-corrected chi connectivity index (χ3v) is 9.32. The lowest BCUT2D eigenvalue weighted by Gasteiger charge is -2.57. The SMILES string of the molecule is CCCC1(C)/C(=C\C=O)CCC2C1CCC1(C)C(SC)CCC21.[HH]. The molecule has 3 aliphatic carbocycles. The average molecular weight is 337 g/mol. The summed E-state index contributed by atoms with van der Waals surface area (Å²) in [5.41, 5.74) is 2.30. The smallest absolute Gasteiger partial charge is 0.142 e. The molecule has 6 unspecified atom stereocenters. The van der Waals surface area contributed by atoms with Crippen LogP contribution in [0.2, 0.25) is 0 Å². The molecule has 0 aromatic rings. The normalized spacial score (nSPS) is 48.1. The first-order valence-corrected chi connectivity index (χ1v) is 11.0. The van der Waals surface area contributed by atoms with Crippen LogP contribution in [0.3, 0.4) is 0 Å². The average Bonchev–Trinajstić information content (AvgIpc) is 2.87. The Labute approximate surface area is 148 Å². The Hall–Kier alpha value is -0.240. The van der Waals surface area contributed by atoms with E-state index in [1.54, 1.807) is 0 Å². The first-order valence-electron chi connectivity index (χ1n) is 9.69. The summed E-state index contributed by atoms with van der Waals surface area (Å²) in [5, 5.41) is 0.873. The number of hydrogen-bond donors (Lipinski definition) is 0. The van der Waals surface area contributed by atoms with E-state index in [1.807, 2.05) is 6.08 Å². The maximum absolute atomic E-state index is 11.2. The lowest BCUT2D eigenvalue weighted by atomic mass is 9.48. The van der Waals surface area contributed by atoms with Crippen molar-refractivity contribution >= 4 is 18.0 Å². The molecule has 0 N–H and O–H groups in total. The van der Waals surface area contributed by atoms with Crippen LogP contribution in [0.4, 0.5) is 0 Å². The van der Waals surface area contributed by atoms with Gasteiger partial charge in [0, 0.05) is 6.68 Å². The number of aldehydes is 1. The minimum absolute atomic E-state index is 0. The molecule has 0 radical (unpaired) electrons. The van der Waals surface area contributed by atoms with E-state index in [1.165, 1.54) is 50.5 Å². The molecule has 0 saturated heterocycles. The van der Waals surface area contributed by atoms with E-state index < -0.39 is 0 Å². The molecule has 3 rings (SSSR count). The molecule has 0 aromatic carbocycles. The van der Waals surface area contributed by atoms with Crippen molar-refractivity contribution in [2.45, 2.75) is 77.4 Å². The van der Waals surface area contributed by atoms with Crippen molar-refractivity contribution in [3.05, 3.63) is 11.6 Å². The number of thioether (sulfide) groups is 1. The van der Waals surface area contributed by atoms with Crippen molar-refractivity contribution in [3.8, 4) is 0 Å². The van der Waals surface area contributed by atoms with Crippen LogP contribution >= 0.6 is 11.8 Å². The maximum Gasteiger partial charge on any atom is 0.142 e. The lowest BCUT2D eigenvalue weighted by Crippen LogP contribution is -2.50. The Kier molecular flexibility index (Phi) is 5.03. The summed E-state index contributed by atoms with van der Waals surface area (Å²) < 4.78 is 0. The third kappa shape index (κ3) is 2.64. The zero-order valence-corrected chi connectivity index (χ0v) is 16.3. The van der Waals surface area contributed by atoms with Crippen molar-refractivity contribution in [1.29, 1.82) is 0 Å². The van der Waals surface area contributed by atoms with E-state index in [0.717, 1.165) is 35.7 Å². The highest BCUT2D eigenvalue weighted by Gasteiger charge is 2.58. The van der Waals surface area contributed by atoms with Crippen LogP contribution in [0.1, 0.15) is 73.6 Å². The van der Waals surface area contributed by atoms with Crippen LogP contribution in [0.25, 0.3) is 0 Å². The fourth-order valence-corrected chi connectivity index (χ4v) is 8.09. The van der Waals surface area contributed by atoms with Gasteiger partial charge in [-0.15, -0.1) is 0 Å². The van der Waals surface area contributed by atoms with E-state index >= 15 is 0 Å². The van der Waals surface area contributed by atoms with Gasteiger partial charge in [-0.25, -0.2) is 0 Å². The van der Waals surface area contributed by atoms with Crippen LogP contribution < -0.4 is 0 Å². The number of allylic oxidation sites excluding steroid dienone is 2. The van der Waals surface area contributed by atoms with Crippen LogP contribution in [-0.4, -0.2) is 17.8 Å². The maximum atomic E-state index is 11.2. The second kappa shape index (κ2) is 6.58. The number of carbonyl (C=O) groups is 1. The molecule has 1 nitrogen and oxygen atoms in total. The van der Waals surface area contributed by atoms with E-state index in [0.29, 0.717) is 5.41 Å². The molecule has 23 heavy (non-hydrogen) atoms. The van der Waals surface area contributed by atoms with Gasteiger partial charge in [0.15, 0.2) is 0 Å². The van der Waals surface area contributed by atoms with E-state index in [4.69, 9.17) is 0 Å². The molecule has 2 heteroatoms. The summed E-state index contributed by atoms with van der Waals surface area (Å²) in [5.74, 6) is 2.62. The van der Waals surface area contributed by atoms with Crippen molar-refractivity contribution in [2.24, 2.45) is 28.6 Å². The van der Waals surface area contributed by atoms with E-state index in [2.05, 4.69) is 38.8 Å². The zero-order valence-electron chi connectivity index (χ0n) is 15.4. The highest BCUT2D eigenvalue weighted by Crippen LogP contribution is 2.66. The predicted octanol–water partition coefficient (Wildman–Crippen LogP) is 6.13. The summed E-state index contributed by atoms with van der Waals surface area (Å²) in [4.78, 5) is 11.2. The standard InChI is InChI=1S/C21H34OS.H2/c1-5-12-20(2)15(11-14-22)6-7-16-17-8-9-19(23-4)21(17,3)13-10-18(16)20;/h11,14,16-19H,5-10,12-13H2,1-4H3;1H/b15-11-;. The molecule has 0 bridgehead atoms. The van der Waals surface area contributed by atoms with Gasteiger partial charge in [-0.3, -0.25) is 4.79 Å². The second-order valence-electron chi connectivity index (χ2n) is 8.76. The van der Waals surface area contributed by atoms with Gasteiger partial charge in [0.05, 0.1) is 0 Å². The van der Waals surface area contributed by atoms with Gasteiger partial charge in [-0.2, -0.15) is 11.8 Å². The molecule has 3 saturated carbocycles. The van der Waals surface area contributed by atoms with Gasteiger partial charge in [-0.05, 0) is 85.9 Å². The molecule has 0 heterocycles. The van der Waals surface area contributed by atoms with Crippen LogP contribution in [0, 0.1) is 28.6 Å². The highest BCUT2D eigenvalue weighted by molar-refractivity contribution is 7.99. The lowest BCUT2D eigenvalue weighted by molar-refractivity contribution is -0.104. The van der Waals surface area contributed by atoms with Crippen molar-refractivity contribution in [1.82, 2.24) is 0 Å². The fourth-order valence-electron chi connectivity index (χ4n) is 6.89. The minimum Gasteiger partial charge on any atom is -0.299 e. The van der Waals surface area contributed by atoms with Gasteiger partial charge in [0.2, 0.25) is 0 Å². The second-order valence-corrected chi connectivity index (χ2v) is 9.80. The van der Waals surface area contributed by atoms with Gasteiger partial charge >= 0.3 is 0 Å². The van der Waals surface area contributed by atoms with Gasteiger partial charge in [0.25, 0.3) is 0 Å². The number of rotatable bonds is 4. The summed E-state index contributed by atoms with van der Waals surface area (Å²) in [7, 11) is 0. The molecular weight excluding hydrogens is 300 g/mol. The van der Waals surface area contributed by atoms with Crippen molar-refractivity contribution in [3.63, 3.8) is 0 Å². The van der Waals surface area contributed by atoms with Crippen LogP contribution in [-0.2, 0) is 4.79 Å². The summed E-state index contributed by atoms with van der Waals surface area (Å²) in [6.45, 7) is 7.38. The van der Waals surface area contributed by atoms with Crippen LogP contribution in [0.15, 0.2) is 11.6 Å². The Bertz CT molecular complexity index is 490. The molecule has 0 amide bonds. The number of fused-ring (bicyclic) bond motifs is 3. The Balaban J connectivity index is 0.00000208. The molecule has 0 aliphatic heterocycles. The molecule has 3 fully saturated rings. The van der Waals surface area contributed by atoms with Crippen molar-refractivity contribution < 1.29 is 6.22 Å². The monoisotopic (exact) mass is 336 g/mol. The Morgan fingerprint density at radius 2 is 2.00 bits per heavy atom. The van der Waals surface area contributed by atoms with Crippen molar-refractivity contribution in [2.75, 3.05) is 6.26 Å². The quantitative estimate of drug-likeness (QED) is 0.453. The predicted molar refractivity (Wildman–Crippen MR) is 103 cm³/mol.